The van der Waals surface area contributed by atoms with Crippen LogP contribution in [0.4, 0.5) is 20.6 Å². The normalized spacial score (nSPS) is 20.5. The number of ether oxygens (including phenoxy) is 2. The van der Waals surface area contributed by atoms with Crippen molar-refractivity contribution in [3.63, 3.8) is 0 Å². The van der Waals surface area contributed by atoms with Crippen LogP contribution in [0.2, 0.25) is 5.02 Å². The first kappa shape index (κ1) is 29.7. The van der Waals surface area contributed by atoms with Gasteiger partial charge in [0, 0.05) is 43.3 Å². The molecule has 5 heterocycles. The lowest BCUT2D eigenvalue weighted by Gasteiger charge is -2.47. The number of amides is 2. The van der Waals surface area contributed by atoms with Crippen LogP contribution >= 0.6 is 11.6 Å². The first-order valence-electron chi connectivity index (χ1n) is 15.4. The lowest BCUT2D eigenvalue weighted by Crippen LogP contribution is -2.63. The van der Waals surface area contributed by atoms with Crippen LogP contribution in [0.1, 0.15) is 51.8 Å². The van der Waals surface area contributed by atoms with Gasteiger partial charge in [-0.3, -0.25) is 9.78 Å². The van der Waals surface area contributed by atoms with Crippen LogP contribution in [-0.4, -0.2) is 76.4 Å². The molecule has 2 atom stereocenters. The lowest BCUT2D eigenvalue weighted by molar-refractivity contribution is -0.120. The zero-order valence-corrected chi connectivity index (χ0v) is 26.8. The molecule has 3 aliphatic heterocycles. The average Bonchev–Trinajstić information content (AvgIpc) is 3.44. The molecule has 236 valence electrons. The number of aromatic nitrogens is 3. The van der Waals surface area contributed by atoms with E-state index in [9.17, 15) is 9.59 Å². The van der Waals surface area contributed by atoms with Gasteiger partial charge in [0.25, 0.3) is 5.91 Å². The molecular weight excluding hydrogens is 599 g/mol. The zero-order valence-electron chi connectivity index (χ0n) is 26.1. The van der Waals surface area contributed by atoms with E-state index in [0.717, 1.165) is 30.3 Å². The molecule has 2 saturated heterocycles. The van der Waals surface area contributed by atoms with Crippen LogP contribution in [0, 0.1) is 12.7 Å². The van der Waals surface area contributed by atoms with E-state index < -0.39 is 23.6 Å². The standard InChI is InChI=1S/C33H36ClFN6O4/c1-18-9-10-21-29(37-17-41(21)24-8-6-7-13-44-24)25(18)26-20(34)14-19-28(27(26)35)36-15-22-30(19)40-12-11-39(32(43)45-33(2,3)4)16-23(40)31(42)38(22)5/h9-10,14-15,17,23-24H,6-8,11-13,16H2,1-5H3/t23-,24?/m1/s1. The number of imidazole rings is 1. The minimum atomic E-state index is -0.669. The first-order chi connectivity index (χ1) is 21.4. The second-order valence-corrected chi connectivity index (χ2v) is 13.5. The van der Waals surface area contributed by atoms with E-state index >= 15 is 4.39 Å². The van der Waals surface area contributed by atoms with E-state index in [0.29, 0.717) is 47.5 Å². The molecule has 0 spiro atoms. The fourth-order valence-electron chi connectivity index (χ4n) is 6.80. The highest BCUT2D eigenvalue weighted by molar-refractivity contribution is 6.35. The van der Waals surface area contributed by atoms with E-state index in [2.05, 4.69) is 4.98 Å². The van der Waals surface area contributed by atoms with Crippen LogP contribution in [0.25, 0.3) is 33.1 Å². The highest BCUT2D eigenvalue weighted by Gasteiger charge is 2.43. The third-order valence-corrected chi connectivity index (χ3v) is 9.27. The molecule has 4 aromatic rings. The summed E-state index contributed by atoms with van der Waals surface area (Å²) in [6.07, 6.45) is 5.70. The Bertz CT molecular complexity index is 1860. The number of fused-ring (bicyclic) bond motifs is 6. The average molecular weight is 635 g/mol. The summed E-state index contributed by atoms with van der Waals surface area (Å²) in [5.74, 6) is -0.734. The number of carbonyl (C=O) groups is 2. The number of carbonyl (C=O) groups excluding carboxylic acids is 2. The number of pyridine rings is 1. The van der Waals surface area contributed by atoms with Gasteiger partial charge in [-0.2, -0.15) is 0 Å². The number of piperazine rings is 1. The Hall–Kier alpha value is -3.96. The Morgan fingerprint density at radius 1 is 1.13 bits per heavy atom. The van der Waals surface area contributed by atoms with Crippen LogP contribution < -0.4 is 9.80 Å². The Balaban J connectivity index is 1.33. The molecule has 0 bridgehead atoms. The smallest absolute Gasteiger partial charge is 0.410 e. The number of hydrogen-bond donors (Lipinski definition) is 0. The van der Waals surface area contributed by atoms with E-state index in [-0.39, 0.29) is 34.8 Å². The molecule has 0 aliphatic carbocycles. The number of anilines is 2. The fourth-order valence-corrected chi connectivity index (χ4v) is 7.09. The topological polar surface area (TPSA) is 93.0 Å². The summed E-state index contributed by atoms with van der Waals surface area (Å²) < 4.78 is 30.4. The molecular formula is C33H36ClFN6O4. The molecule has 12 heteroatoms. The van der Waals surface area contributed by atoms with Crippen LogP contribution in [-0.2, 0) is 14.3 Å². The van der Waals surface area contributed by atoms with Crippen LogP contribution in [0.3, 0.4) is 0 Å². The fraction of sp³-hybridized carbons (Fsp3) is 0.455. The monoisotopic (exact) mass is 634 g/mol. The molecule has 0 radical (unpaired) electrons. The predicted octanol–water partition coefficient (Wildman–Crippen LogP) is 6.45. The van der Waals surface area contributed by atoms with Gasteiger partial charge >= 0.3 is 6.09 Å². The van der Waals surface area contributed by atoms with E-state index in [1.165, 1.54) is 11.1 Å². The van der Waals surface area contributed by atoms with Gasteiger partial charge < -0.3 is 28.7 Å². The van der Waals surface area contributed by atoms with Gasteiger partial charge in [0.15, 0.2) is 5.82 Å². The van der Waals surface area contributed by atoms with Gasteiger partial charge in [0.1, 0.15) is 23.4 Å². The van der Waals surface area contributed by atoms with Crippen molar-refractivity contribution in [2.75, 3.05) is 43.1 Å². The summed E-state index contributed by atoms with van der Waals surface area (Å²) in [7, 11) is 1.67. The van der Waals surface area contributed by atoms with Crippen molar-refractivity contribution in [2.45, 2.75) is 64.8 Å². The summed E-state index contributed by atoms with van der Waals surface area (Å²) in [5.41, 5.74) is 3.89. The number of aryl methyl sites for hydroxylation is 1. The highest BCUT2D eigenvalue weighted by atomic mass is 35.5. The number of nitrogens with zero attached hydrogens (tertiary/aromatic N) is 6. The Kier molecular flexibility index (Phi) is 7.16. The number of likely N-dealkylation sites (N-methyl/N-ethyl adjacent to an activating group) is 1. The summed E-state index contributed by atoms with van der Waals surface area (Å²) in [5, 5.41) is 0.720. The van der Waals surface area contributed by atoms with Crippen molar-refractivity contribution < 1.29 is 23.5 Å². The predicted molar refractivity (Wildman–Crippen MR) is 171 cm³/mol. The molecule has 2 aromatic heterocycles. The van der Waals surface area contributed by atoms with E-state index in [1.807, 2.05) is 28.5 Å². The molecule has 0 N–H and O–H groups in total. The van der Waals surface area contributed by atoms with Gasteiger partial charge in [-0.05, 0) is 64.7 Å². The molecule has 3 aliphatic rings. The third-order valence-electron chi connectivity index (χ3n) is 8.97. The minimum absolute atomic E-state index is 0.118. The largest absolute Gasteiger partial charge is 0.444 e. The quantitative estimate of drug-likeness (QED) is 0.250. The van der Waals surface area contributed by atoms with Crippen molar-refractivity contribution in [1.82, 2.24) is 19.4 Å². The molecule has 2 aromatic carbocycles. The van der Waals surface area contributed by atoms with Gasteiger partial charge in [0.05, 0.1) is 46.5 Å². The number of benzene rings is 2. The Labute approximate surface area is 265 Å². The molecule has 1 unspecified atom stereocenters. The molecule has 2 amide bonds. The van der Waals surface area contributed by atoms with Gasteiger partial charge in [-0.1, -0.05) is 17.7 Å². The van der Waals surface area contributed by atoms with Crippen molar-refractivity contribution in [3.05, 3.63) is 47.1 Å². The third kappa shape index (κ3) is 4.87. The zero-order chi connectivity index (χ0) is 31.8. The summed E-state index contributed by atoms with van der Waals surface area (Å²) in [6.45, 7) is 8.88. The molecule has 10 nitrogen and oxygen atoms in total. The SMILES string of the molecule is Cc1ccc2c(ncn2C2CCCCO2)c1-c1c(Cl)cc2c3c(cnc2c1F)N(C)C(=O)[C@H]1CN(C(=O)OC(C)(C)C)CCN31. The molecule has 45 heavy (non-hydrogen) atoms. The van der Waals surface area contributed by atoms with Crippen LogP contribution in [0.5, 0.6) is 0 Å². The second kappa shape index (κ2) is 10.8. The maximum absolute atomic E-state index is 16.8. The molecule has 2 fully saturated rings. The maximum Gasteiger partial charge on any atom is 0.410 e. The van der Waals surface area contributed by atoms with Crippen molar-refractivity contribution in [3.8, 4) is 11.1 Å². The lowest BCUT2D eigenvalue weighted by atomic mass is 9.95. The van der Waals surface area contributed by atoms with E-state index in [1.54, 1.807) is 45.1 Å². The van der Waals surface area contributed by atoms with Crippen LogP contribution in [0.15, 0.2) is 30.7 Å². The summed E-state index contributed by atoms with van der Waals surface area (Å²) in [4.78, 5) is 40.7. The molecule has 7 rings (SSSR count). The Morgan fingerprint density at radius 2 is 1.93 bits per heavy atom. The molecule has 0 saturated carbocycles. The summed E-state index contributed by atoms with van der Waals surface area (Å²) >= 11 is 6.98. The minimum Gasteiger partial charge on any atom is -0.444 e. The van der Waals surface area contributed by atoms with E-state index in [4.69, 9.17) is 26.1 Å². The number of rotatable bonds is 2. The number of halogens is 2. The van der Waals surface area contributed by atoms with Crippen molar-refractivity contribution in [1.29, 1.82) is 0 Å². The second-order valence-electron chi connectivity index (χ2n) is 13.1. The maximum atomic E-state index is 16.8. The first-order valence-corrected chi connectivity index (χ1v) is 15.7. The van der Waals surface area contributed by atoms with Crippen molar-refractivity contribution in [2.24, 2.45) is 0 Å². The van der Waals surface area contributed by atoms with Gasteiger partial charge in [0.2, 0.25) is 0 Å². The number of hydrogen-bond acceptors (Lipinski definition) is 7. The van der Waals surface area contributed by atoms with Crippen molar-refractivity contribution >= 4 is 56.9 Å². The Morgan fingerprint density at radius 3 is 2.67 bits per heavy atom. The van der Waals surface area contributed by atoms with Gasteiger partial charge in [-0.25, -0.2) is 14.2 Å². The summed E-state index contributed by atoms with van der Waals surface area (Å²) in [6, 6.07) is 5.01. The highest BCUT2D eigenvalue weighted by Crippen LogP contribution is 2.47. The van der Waals surface area contributed by atoms with Gasteiger partial charge in [-0.15, -0.1) is 0 Å².